The molecule has 1 heterocycles. The summed E-state index contributed by atoms with van der Waals surface area (Å²) in [4.78, 5) is 25.7. The third-order valence-corrected chi connectivity index (χ3v) is 4.58. The quantitative estimate of drug-likeness (QED) is 0.505. The maximum atomic E-state index is 12.4. The molecular formula is C15H15NO5S2. The van der Waals surface area contributed by atoms with Crippen molar-refractivity contribution in [2.75, 3.05) is 14.2 Å². The molecule has 0 spiro atoms. The molecule has 0 aromatic heterocycles. The monoisotopic (exact) mass is 353 g/mol. The van der Waals surface area contributed by atoms with Crippen LogP contribution in [0.4, 0.5) is 0 Å². The minimum Gasteiger partial charge on any atom is -0.504 e. The average molecular weight is 353 g/mol. The second-order valence-electron chi connectivity index (χ2n) is 4.68. The topological polar surface area (TPSA) is 76.1 Å². The Hall–Kier alpha value is -2.06. The van der Waals surface area contributed by atoms with Crippen molar-refractivity contribution in [1.82, 2.24) is 4.90 Å². The standard InChI is InChI=1S/C15H15NO5S2/c1-8(14(19)21-3)16-13(18)12(23-15(16)22)7-9-4-5-11(20-2)10(17)6-9/h4-8,17H,1-3H3/b12-7-. The molecule has 2 rings (SSSR count). The molecule has 6 nitrogen and oxygen atoms in total. The van der Waals surface area contributed by atoms with E-state index in [1.807, 2.05) is 0 Å². The van der Waals surface area contributed by atoms with Gasteiger partial charge in [-0.05, 0) is 30.7 Å². The van der Waals surface area contributed by atoms with E-state index in [4.69, 9.17) is 17.0 Å². The number of nitrogens with zero attached hydrogens (tertiary/aromatic N) is 1. The van der Waals surface area contributed by atoms with Gasteiger partial charge in [0.15, 0.2) is 11.5 Å². The first-order chi connectivity index (χ1) is 10.9. The predicted octanol–water partition coefficient (Wildman–Crippen LogP) is 2.16. The minimum absolute atomic E-state index is 0.0281. The third kappa shape index (κ3) is 3.48. The summed E-state index contributed by atoms with van der Waals surface area (Å²) in [5.74, 6) is -0.591. The molecule has 1 N–H and O–H groups in total. The number of phenols is 1. The molecule has 8 heteroatoms. The smallest absolute Gasteiger partial charge is 0.328 e. The van der Waals surface area contributed by atoms with Crippen molar-refractivity contribution in [1.29, 1.82) is 0 Å². The summed E-state index contributed by atoms with van der Waals surface area (Å²) in [7, 11) is 2.71. The lowest BCUT2D eigenvalue weighted by Crippen LogP contribution is -2.42. The average Bonchev–Trinajstić information content (AvgIpc) is 2.80. The van der Waals surface area contributed by atoms with Crippen LogP contribution >= 0.6 is 24.0 Å². The lowest BCUT2D eigenvalue weighted by molar-refractivity contribution is -0.147. The van der Waals surface area contributed by atoms with Crippen molar-refractivity contribution in [3.8, 4) is 11.5 Å². The molecule has 0 radical (unpaired) electrons. The molecule has 1 saturated heterocycles. The zero-order valence-electron chi connectivity index (χ0n) is 12.7. The Kier molecular flexibility index (Phi) is 5.27. The normalized spacial score (nSPS) is 17.5. The predicted molar refractivity (Wildman–Crippen MR) is 91.1 cm³/mol. The van der Waals surface area contributed by atoms with Gasteiger partial charge < -0.3 is 14.6 Å². The summed E-state index contributed by atoms with van der Waals surface area (Å²) in [6, 6.07) is 3.99. The highest BCUT2D eigenvalue weighted by Gasteiger charge is 2.38. The second kappa shape index (κ2) is 7.01. The van der Waals surface area contributed by atoms with Gasteiger partial charge in [0.05, 0.1) is 19.1 Å². The highest BCUT2D eigenvalue weighted by atomic mass is 32.2. The summed E-state index contributed by atoms with van der Waals surface area (Å²) in [6.45, 7) is 1.55. The maximum Gasteiger partial charge on any atom is 0.328 e. The van der Waals surface area contributed by atoms with Gasteiger partial charge in [0.25, 0.3) is 5.91 Å². The number of thiocarbonyl (C=S) groups is 1. The largest absolute Gasteiger partial charge is 0.504 e. The molecule has 1 atom stereocenters. The van der Waals surface area contributed by atoms with E-state index in [-0.39, 0.29) is 16.0 Å². The van der Waals surface area contributed by atoms with E-state index in [1.165, 1.54) is 25.2 Å². The fourth-order valence-corrected chi connectivity index (χ4v) is 3.46. The van der Waals surface area contributed by atoms with Crippen LogP contribution in [0.5, 0.6) is 11.5 Å². The number of carbonyl (C=O) groups is 2. The number of amides is 1. The third-order valence-electron chi connectivity index (χ3n) is 3.25. The minimum atomic E-state index is -0.789. The number of methoxy groups -OCH3 is 2. The Morgan fingerprint density at radius 2 is 2.13 bits per heavy atom. The molecule has 122 valence electrons. The van der Waals surface area contributed by atoms with E-state index in [1.54, 1.807) is 25.1 Å². The Balaban J connectivity index is 2.28. The van der Waals surface area contributed by atoms with E-state index in [0.717, 1.165) is 11.8 Å². The first kappa shape index (κ1) is 17.3. The van der Waals surface area contributed by atoms with Crippen molar-refractivity contribution >= 4 is 46.3 Å². The van der Waals surface area contributed by atoms with Crippen LogP contribution in [0.1, 0.15) is 12.5 Å². The van der Waals surface area contributed by atoms with Gasteiger partial charge >= 0.3 is 5.97 Å². The van der Waals surface area contributed by atoms with Gasteiger partial charge in [0.2, 0.25) is 0 Å². The van der Waals surface area contributed by atoms with Crippen molar-refractivity contribution in [3.63, 3.8) is 0 Å². The molecule has 1 amide bonds. The van der Waals surface area contributed by atoms with E-state index >= 15 is 0 Å². The Labute approximate surface area is 143 Å². The number of thioether (sulfide) groups is 1. The number of hydrogen-bond donors (Lipinski definition) is 1. The highest BCUT2D eigenvalue weighted by molar-refractivity contribution is 8.26. The summed E-state index contributed by atoms with van der Waals surface area (Å²) >= 11 is 6.27. The Morgan fingerprint density at radius 1 is 1.43 bits per heavy atom. The highest BCUT2D eigenvalue weighted by Crippen LogP contribution is 2.35. The van der Waals surface area contributed by atoms with Crippen LogP contribution in [0, 0.1) is 0 Å². The van der Waals surface area contributed by atoms with Crippen LogP contribution in [0.2, 0.25) is 0 Å². The molecular weight excluding hydrogens is 338 g/mol. The zero-order valence-corrected chi connectivity index (χ0v) is 14.4. The van der Waals surface area contributed by atoms with Crippen molar-refractivity contribution < 1.29 is 24.2 Å². The molecule has 0 saturated carbocycles. The molecule has 23 heavy (non-hydrogen) atoms. The van der Waals surface area contributed by atoms with E-state index in [0.29, 0.717) is 16.2 Å². The summed E-state index contributed by atoms with van der Waals surface area (Å²) in [5.41, 5.74) is 0.620. The molecule has 0 aliphatic carbocycles. The van der Waals surface area contributed by atoms with Gasteiger partial charge in [0.1, 0.15) is 10.4 Å². The van der Waals surface area contributed by atoms with Gasteiger partial charge in [-0.3, -0.25) is 9.69 Å². The van der Waals surface area contributed by atoms with E-state index in [2.05, 4.69) is 4.74 Å². The van der Waals surface area contributed by atoms with Gasteiger partial charge in [-0.2, -0.15) is 0 Å². The van der Waals surface area contributed by atoms with Gasteiger partial charge in [-0.25, -0.2) is 4.79 Å². The summed E-state index contributed by atoms with van der Waals surface area (Å²) in [5, 5.41) is 9.78. The number of carbonyl (C=O) groups excluding carboxylic acids is 2. The van der Waals surface area contributed by atoms with Crippen LogP contribution in [0.25, 0.3) is 6.08 Å². The molecule has 1 aromatic rings. The van der Waals surface area contributed by atoms with Gasteiger partial charge in [-0.1, -0.05) is 30.0 Å². The first-order valence-corrected chi connectivity index (χ1v) is 7.83. The summed E-state index contributed by atoms with van der Waals surface area (Å²) < 4.78 is 9.91. The number of benzene rings is 1. The molecule has 1 aromatic carbocycles. The molecule has 0 bridgehead atoms. The van der Waals surface area contributed by atoms with Crippen LogP contribution < -0.4 is 4.74 Å². The summed E-state index contributed by atoms with van der Waals surface area (Å²) in [6.07, 6.45) is 1.60. The second-order valence-corrected chi connectivity index (χ2v) is 6.36. The Bertz CT molecular complexity index is 701. The van der Waals surface area contributed by atoms with Crippen LogP contribution in [-0.4, -0.2) is 46.5 Å². The molecule has 1 fully saturated rings. The van der Waals surface area contributed by atoms with Crippen LogP contribution in [0.3, 0.4) is 0 Å². The SMILES string of the molecule is COC(=O)C(C)N1C(=O)/C(=C/c2ccc(OC)c(O)c2)SC1=S. The molecule has 1 aliphatic heterocycles. The number of esters is 1. The van der Waals surface area contributed by atoms with Gasteiger partial charge in [0, 0.05) is 0 Å². The fraction of sp³-hybridized carbons (Fsp3) is 0.267. The molecule has 1 unspecified atom stereocenters. The van der Waals surface area contributed by atoms with Crippen LogP contribution in [-0.2, 0) is 14.3 Å². The first-order valence-electron chi connectivity index (χ1n) is 6.61. The number of phenolic OH excluding ortho intramolecular Hbond substituents is 1. The van der Waals surface area contributed by atoms with Crippen molar-refractivity contribution in [2.24, 2.45) is 0 Å². The van der Waals surface area contributed by atoms with Crippen LogP contribution in [0.15, 0.2) is 23.1 Å². The number of aromatic hydroxyl groups is 1. The van der Waals surface area contributed by atoms with E-state index in [9.17, 15) is 14.7 Å². The zero-order chi connectivity index (χ0) is 17.1. The van der Waals surface area contributed by atoms with E-state index < -0.39 is 12.0 Å². The van der Waals surface area contributed by atoms with Crippen molar-refractivity contribution in [3.05, 3.63) is 28.7 Å². The van der Waals surface area contributed by atoms with Gasteiger partial charge in [-0.15, -0.1) is 0 Å². The number of ether oxygens (including phenoxy) is 2. The number of rotatable bonds is 4. The lowest BCUT2D eigenvalue weighted by Gasteiger charge is -2.20. The Morgan fingerprint density at radius 3 is 2.70 bits per heavy atom. The fourth-order valence-electron chi connectivity index (χ4n) is 2.04. The molecule has 1 aliphatic rings. The maximum absolute atomic E-state index is 12.4. The lowest BCUT2D eigenvalue weighted by atomic mass is 10.2. The number of hydrogen-bond acceptors (Lipinski definition) is 7. The van der Waals surface area contributed by atoms with Crippen molar-refractivity contribution in [2.45, 2.75) is 13.0 Å².